The van der Waals surface area contributed by atoms with Crippen LogP contribution in [0.3, 0.4) is 0 Å². The third-order valence-corrected chi connectivity index (χ3v) is 3.20. The van der Waals surface area contributed by atoms with E-state index >= 15 is 0 Å². The van der Waals surface area contributed by atoms with Gasteiger partial charge in [0, 0.05) is 14.2 Å². The Kier molecular flexibility index (Phi) is 2.91. The molecule has 1 aliphatic rings. The average molecular weight is 329 g/mol. The number of ether oxygens (including phenoxy) is 1. The predicted molar refractivity (Wildman–Crippen MR) is 63.0 cm³/mol. The lowest BCUT2D eigenvalue weighted by atomic mass is 10.1. The van der Waals surface area contributed by atoms with Crippen LogP contribution in [0.15, 0.2) is 12.1 Å². The number of fused-ring (bicyclic) bond motifs is 1. The van der Waals surface area contributed by atoms with Crippen LogP contribution >= 0.6 is 45.8 Å². The monoisotopic (exact) mass is 328 g/mol. The largest absolute Gasteiger partial charge is 0.492 e. The lowest BCUT2D eigenvalue weighted by Crippen LogP contribution is -2.21. The standard InChI is InChI=1S/C9H7Cl2IO/c10-5-1-7-8(11)2-6(12)3-9(7)13-4-5/h2-3,5H,1,4H2/t5-/m1/s1. The van der Waals surface area contributed by atoms with Gasteiger partial charge < -0.3 is 4.74 Å². The first kappa shape index (κ1) is 9.87. The minimum Gasteiger partial charge on any atom is -0.492 e. The summed E-state index contributed by atoms with van der Waals surface area (Å²) >= 11 is 14.3. The second-order valence-corrected chi connectivity index (χ2v) is 5.25. The van der Waals surface area contributed by atoms with Crippen molar-refractivity contribution in [1.29, 1.82) is 0 Å². The molecule has 70 valence electrons. The highest BCUT2D eigenvalue weighted by atomic mass is 127. The molecule has 0 saturated heterocycles. The van der Waals surface area contributed by atoms with Gasteiger partial charge in [-0.1, -0.05) is 11.6 Å². The Morgan fingerprint density at radius 1 is 1.46 bits per heavy atom. The van der Waals surface area contributed by atoms with Crippen LogP contribution in [0.25, 0.3) is 0 Å². The van der Waals surface area contributed by atoms with Gasteiger partial charge in [-0.05, 0) is 41.1 Å². The molecule has 13 heavy (non-hydrogen) atoms. The van der Waals surface area contributed by atoms with Crippen LogP contribution in [0.4, 0.5) is 0 Å². The van der Waals surface area contributed by atoms with Gasteiger partial charge in [0.2, 0.25) is 0 Å². The molecule has 1 atom stereocenters. The number of rotatable bonds is 0. The van der Waals surface area contributed by atoms with Gasteiger partial charge in [-0.3, -0.25) is 0 Å². The quantitative estimate of drug-likeness (QED) is 0.523. The van der Waals surface area contributed by atoms with Crippen LogP contribution in [0.1, 0.15) is 5.56 Å². The van der Waals surface area contributed by atoms with Gasteiger partial charge in [0.1, 0.15) is 12.4 Å². The molecule has 0 N–H and O–H groups in total. The van der Waals surface area contributed by atoms with Crippen LogP contribution < -0.4 is 4.74 Å². The zero-order valence-electron chi connectivity index (χ0n) is 6.69. The molecule has 0 aliphatic carbocycles. The van der Waals surface area contributed by atoms with Gasteiger partial charge in [0.25, 0.3) is 0 Å². The average Bonchev–Trinajstić information content (AvgIpc) is 2.06. The molecule has 0 bridgehead atoms. The van der Waals surface area contributed by atoms with E-state index in [1.807, 2.05) is 12.1 Å². The molecule has 0 unspecified atom stereocenters. The Labute approximate surface area is 101 Å². The van der Waals surface area contributed by atoms with E-state index in [0.717, 1.165) is 26.3 Å². The molecule has 1 aliphatic heterocycles. The van der Waals surface area contributed by atoms with Crippen molar-refractivity contribution < 1.29 is 4.74 Å². The van der Waals surface area contributed by atoms with Gasteiger partial charge in [-0.2, -0.15) is 0 Å². The molecule has 4 heteroatoms. The molecule has 1 nitrogen and oxygen atoms in total. The normalized spacial score (nSPS) is 20.7. The van der Waals surface area contributed by atoms with E-state index in [0.29, 0.717) is 6.61 Å². The lowest BCUT2D eigenvalue weighted by Gasteiger charge is -2.22. The van der Waals surface area contributed by atoms with Crippen molar-refractivity contribution in [2.75, 3.05) is 6.61 Å². The highest BCUT2D eigenvalue weighted by molar-refractivity contribution is 14.1. The van der Waals surface area contributed by atoms with E-state index < -0.39 is 0 Å². The fraction of sp³-hybridized carbons (Fsp3) is 0.333. The third kappa shape index (κ3) is 2.05. The number of benzene rings is 1. The van der Waals surface area contributed by atoms with E-state index in [9.17, 15) is 0 Å². The first-order valence-corrected chi connectivity index (χ1v) is 5.81. The van der Waals surface area contributed by atoms with Crippen molar-refractivity contribution >= 4 is 45.8 Å². The molecule has 0 spiro atoms. The minimum atomic E-state index is 0.0464. The van der Waals surface area contributed by atoms with Crippen LogP contribution in [0, 0.1) is 3.57 Å². The van der Waals surface area contributed by atoms with Crippen molar-refractivity contribution in [3.63, 3.8) is 0 Å². The van der Waals surface area contributed by atoms with Crippen LogP contribution in [0.5, 0.6) is 5.75 Å². The van der Waals surface area contributed by atoms with Gasteiger partial charge in [-0.15, -0.1) is 11.6 Å². The van der Waals surface area contributed by atoms with E-state index in [-0.39, 0.29) is 5.38 Å². The van der Waals surface area contributed by atoms with E-state index in [1.165, 1.54) is 0 Å². The molecule has 2 rings (SSSR count). The molecule has 0 aromatic heterocycles. The van der Waals surface area contributed by atoms with E-state index in [2.05, 4.69) is 22.6 Å². The summed E-state index contributed by atoms with van der Waals surface area (Å²) in [5.41, 5.74) is 1.04. The Morgan fingerprint density at radius 3 is 3.00 bits per heavy atom. The summed E-state index contributed by atoms with van der Waals surface area (Å²) in [6, 6.07) is 3.92. The molecule has 1 aromatic carbocycles. The zero-order valence-corrected chi connectivity index (χ0v) is 10.4. The Balaban J connectivity index is 2.47. The van der Waals surface area contributed by atoms with Gasteiger partial charge >= 0.3 is 0 Å². The molecular weight excluding hydrogens is 322 g/mol. The number of halogens is 3. The van der Waals surface area contributed by atoms with Crippen molar-refractivity contribution in [2.24, 2.45) is 0 Å². The number of hydrogen-bond donors (Lipinski definition) is 0. The van der Waals surface area contributed by atoms with Gasteiger partial charge in [0.05, 0.1) is 5.38 Å². The third-order valence-electron chi connectivity index (χ3n) is 1.96. The molecule has 0 radical (unpaired) electrons. The maximum atomic E-state index is 6.07. The molecule has 0 fully saturated rings. The van der Waals surface area contributed by atoms with Crippen LogP contribution in [-0.2, 0) is 6.42 Å². The van der Waals surface area contributed by atoms with Crippen LogP contribution in [0.2, 0.25) is 5.02 Å². The summed E-state index contributed by atoms with van der Waals surface area (Å²) in [6.45, 7) is 0.574. The second-order valence-electron chi connectivity index (χ2n) is 2.98. The smallest absolute Gasteiger partial charge is 0.125 e. The Bertz CT molecular complexity index is 341. The molecule has 0 amide bonds. The molecule has 1 aromatic rings. The van der Waals surface area contributed by atoms with E-state index in [4.69, 9.17) is 27.9 Å². The number of hydrogen-bond acceptors (Lipinski definition) is 1. The lowest BCUT2D eigenvalue weighted by molar-refractivity contribution is 0.292. The zero-order chi connectivity index (χ0) is 9.42. The highest BCUT2D eigenvalue weighted by Crippen LogP contribution is 2.34. The highest BCUT2D eigenvalue weighted by Gasteiger charge is 2.20. The maximum Gasteiger partial charge on any atom is 0.125 e. The van der Waals surface area contributed by atoms with Gasteiger partial charge in [-0.25, -0.2) is 0 Å². The SMILES string of the molecule is Clc1cc(I)cc2c1C[C@@H](Cl)CO2. The number of alkyl halides is 1. The summed E-state index contributed by atoms with van der Waals surface area (Å²) in [7, 11) is 0. The summed E-state index contributed by atoms with van der Waals surface area (Å²) in [5, 5.41) is 0.803. The van der Waals surface area contributed by atoms with Crippen molar-refractivity contribution in [3.8, 4) is 5.75 Å². The van der Waals surface area contributed by atoms with Crippen LogP contribution in [-0.4, -0.2) is 12.0 Å². The summed E-state index contributed by atoms with van der Waals surface area (Å²) < 4.78 is 6.57. The van der Waals surface area contributed by atoms with E-state index in [1.54, 1.807) is 0 Å². The molecule has 1 heterocycles. The summed E-state index contributed by atoms with van der Waals surface area (Å²) in [4.78, 5) is 0. The fourth-order valence-electron chi connectivity index (χ4n) is 1.37. The first-order valence-electron chi connectivity index (χ1n) is 3.91. The maximum absolute atomic E-state index is 6.07. The fourth-order valence-corrected chi connectivity index (χ4v) is 2.65. The predicted octanol–water partition coefficient (Wildman–Crippen LogP) is 3.49. The van der Waals surface area contributed by atoms with Crippen molar-refractivity contribution in [1.82, 2.24) is 0 Å². The molecule has 0 saturated carbocycles. The summed E-state index contributed by atoms with van der Waals surface area (Å²) in [5.74, 6) is 0.883. The van der Waals surface area contributed by atoms with Gasteiger partial charge in [0.15, 0.2) is 0 Å². The van der Waals surface area contributed by atoms with Crippen molar-refractivity contribution in [3.05, 3.63) is 26.3 Å². The minimum absolute atomic E-state index is 0.0464. The topological polar surface area (TPSA) is 9.23 Å². The Morgan fingerprint density at radius 2 is 2.23 bits per heavy atom. The summed E-state index contributed by atoms with van der Waals surface area (Å²) in [6.07, 6.45) is 0.798. The van der Waals surface area contributed by atoms with Crippen molar-refractivity contribution in [2.45, 2.75) is 11.8 Å². The Hall–Kier alpha value is 0.330. The molecular formula is C9H7Cl2IO. The first-order chi connectivity index (χ1) is 6.16. The second kappa shape index (κ2) is 3.83.